The van der Waals surface area contributed by atoms with E-state index < -0.39 is 17.4 Å². The van der Waals surface area contributed by atoms with Gasteiger partial charge in [0.05, 0.1) is 0 Å². The van der Waals surface area contributed by atoms with Gasteiger partial charge in [-0.05, 0) is 42.0 Å². The van der Waals surface area contributed by atoms with E-state index in [0.29, 0.717) is 11.3 Å². The first-order chi connectivity index (χ1) is 10.1. The van der Waals surface area contributed by atoms with Crippen molar-refractivity contribution < 1.29 is 18.3 Å². The second-order valence-corrected chi connectivity index (χ2v) is 5.36. The van der Waals surface area contributed by atoms with E-state index in [1.807, 2.05) is 12.1 Å². The Morgan fingerprint density at radius 2 is 1.52 bits per heavy atom. The lowest BCUT2D eigenvalue weighted by molar-refractivity contribution is 0.205. The summed E-state index contributed by atoms with van der Waals surface area (Å²) in [7, 11) is 0. The van der Waals surface area contributed by atoms with Crippen molar-refractivity contribution in [1.82, 2.24) is 0 Å². The van der Waals surface area contributed by atoms with Gasteiger partial charge in [0.1, 0.15) is 19.0 Å². The van der Waals surface area contributed by atoms with Crippen LogP contribution < -0.4 is 9.47 Å². The van der Waals surface area contributed by atoms with Gasteiger partial charge in [-0.1, -0.05) is 15.9 Å². The molecule has 0 saturated carbocycles. The fourth-order valence-electron chi connectivity index (χ4n) is 1.66. The van der Waals surface area contributed by atoms with E-state index in [2.05, 4.69) is 15.9 Å². The molecule has 0 N–H and O–H groups in total. The maximum Gasteiger partial charge on any atom is 0.190 e. The van der Waals surface area contributed by atoms with Gasteiger partial charge in [0.2, 0.25) is 0 Å². The standard InChI is InChI=1S/C15H12BrClF2O2/c16-11-1-3-12(4-2-11)20-5-6-21-15-13(18)7-10(9-17)8-14(15)19/h1-4,7-8H,5-6,9H2. The summed E-state index contributed by atoms with van der Waals surface area (Å²) < 4.78 is 38.7. The van der Waals surface area contributed by atoms with Gasteiger partial charge in [-0.15, -0.1) is 11.6 Å². The Labute approximate surface area is 134 Å². The van der Waals surface area contributed by atoms with E-state index in [0.717, 1.165) is 16.6 Å². The lowest BCUT2D eigenvalue weighted by atomic mass is 10.2. The third-order valence-electron chi connectivity index (χ3n) is 2.62. The van der Waals surface area contributed by atoms with Gasteiger partial charge in [0.15, 0.2) is 17.4 Å². The molecule has 2 aromatic rings. The summed E-state index contributed by atoms with van der Waals surface area (Å²) >= 11 is 8.84. The highest BCUT2D eigenvalue weighted by molar-refractivity contribution is 9.10. The summed E-state index contributed by atoms with van der Waals surface area (Å²) in [5.41, 5.74) is 0.366. The molecule has 0 saturated heterocycles. The van der Waals surface area contributed by atoms with E-state index in [9.17, 15) is 8.78 Å². The molecule has 0 aromatic heterocycles. The van der Waals surface area contributed by atoms with Crippen molar-refractivity contribution in [2.75, 3.05) is 13.2 Å². The van der Waals surface area contributed by atoms with Crippen LogP contribution in [0, 0.1) is 11.6 Å². The molecule has 21 heavy (non-hydrogen) atoms. The molecule has 0 aliphatic carbocycles. The zero-order chi connectivity index (χ0) is 15.2. The summed E-state index contributed by atoms with van der Waals surface area (Å²) in [6, 6.07) is 9.53. The SMILES string of the molecule is Fc1cc(CCl)cc(F)c1OCCOc1ccc(Br)cc1. The predicted molar refractivity (Wildman–Crippen MR) is 81.0 cm³/mol. The molecule has 0 aliphatic rings. The van der Waals surface area contributed by atoms with Crippen LogP contribution in [0.4, 0.5) is 8.78 Å². The van der Waals surface area contributed by atoms with Crippen molar-refractivity contribution in [2.24, 2.45) is 0 Å². The van der Waals surface area contributed by atoms with Crippen LogP contribution in [0.25, 0.3) is 0 Å². The molecule has 2 rings (SSSR count). The molecule has 6 heteroatoms. The Hall–Kier alpha value is -1.33. The highest BCUT2D eigenvalue weighted by atomic mass is 79.9. The number of ether oxygens (including phenoxy) is 2. The third-order valence-corrected chi connectivity index (χ3v) is 3.46. The summed E-state index contributed by atoms with van der Waals surface area (Å²) in [6.07, 6.45) is 0. The molecule has 0 bridgehead atoms. The molecule has 0 radical (unpaired) electrons. The zero-order valence-electron chi connectivity index (χ0n) is 10.9. The fourth-order valence-corrected chi connectivity index (χ4v) is 2.08. The quantitative estimate of drug-likeness (QED) is 0.525. The van der Waals surface area contributed by atoms with Crippen molar-refractivity contribution in [3.63, 3.8) is 0 Å². The van der Waals surface area contributed by atoms with E-state index in [1.54, 1.807) is 12.1 Å². The number of alkyl halides is 1. The Bertz CT molecular complexity index is 582. The molecular formula is C15H12BrClF2O2. The molecular weight excluding hydrogens is 366 g/mol. The summed E-state index contributed by atoms with van der Waals surface area (Å²) in [5.74, 6) is -1.26. The molecule has 0 atom stereocenters. The highest BCUT2D eigenvalue weighted by Gasteiger charge is 2.12. The minimum Gasteiger partial charge on any atom is -0.490 e. The van der Waals surface area contributed by atoms with Crippen LogP contribution in [0.3, 0.4) is 0 Å². The van der Waals surface area contributed by atoms with Gasteiger partial charge in [0.25, 0.3) is 0 Å². The minimum atomic E-state index is -0.769. The molecule has 0 spiro atoms. The van der Waals surface area contributed by atoms with Gasteiger partial charge in [-0.2, -0.15) is 0 Å². The molecule has 0 amide bonds. The monoisotopic (exact) mass is 376 g/mol. The second kappa shape index (κ2) is 7.61. The topological polar surface area (TPSA) is 18.5 Å². The van der Waals surface area contributed by atoms with Crippen LogP contribution in [0.2, 0.25) is 0 Å². The third kappa shape index (κ3) is 4.58. The normalized spacial score (nSPS) is 10.5. The smallest absolute Gasteiger partial charge is 0.190 e. The molecule has 0 heterocycles. The summed E-state index contributed by atoms with van der Waals surface area (Å²) in [5, 5.41) is 0. The molecule has 2 nitrogen and oxygen atoms in total. The number of hydrogen-bond acceptors (Lipinski definition) is 2. The molecule has 0 fully saturated rings. The Kier molecular flexibility index (Phi) is 5.82. The predicted octanol–water partition coefficient (Wildman–Crippen LogP) is 4.92. The van der Waals surface area contributed by atoms with Crippen LogP contribution in [0.5, 0.6) is 11.5 Å². The highest BCUT2D eigenvalue weighted by Crippen LogP contribution is 2.24. The van der Waals surface area contributed by atoms with E-state index in [1.165, 1.54) is 0 Å². The Morgan fingerprint density at radius 3 is 2.10 bits per heavy atom. The maximum atomic E-state index is 13.6. The molecule has 2 aromatic carbocycles. The molecule has 0 unspecified atom stereocenters. The maximum absolute atomic E-state index is 13.6. The lowest BCUT2D eigenvalue weighted by Crippen LogP contribution is -2.11. The van der Waals surface area contributed by atoms with Crippen LogP contribution in [-0.2, 0) is 5.88 Å². The van der Waals surface area contributed by atoms with Gasteiger partial charge >= 0.3 is 0 Å². The largest absolute Gasteiger partial charge is 0.490 e. The minimum absolute atomic E-state index is 0.0319. The van der Waals surface area contributed by atoms with Crippen molar-refractivity contribution in [1.29, 1.82) is 0 Å². The first-order valence-electron chi connectivity index (χ1n) is 6.15. The lowest BCUT2D eigenvalue weighted by Gasteiger charge is -2.10. The Morgan fingerprint density at radius 1 is 0.952 bits per heavy atom. The van der Waals surface area contributed by atoms with Crippen molar-refractivity contribution in [2.45, 2.75) is 5.88 Å². The van der Waals surface area contributed by atoms with Crippen molar-refractivity contribution >= 4 is 27.5 Å². The first-order valence-corrected chi connectivity index (χ1v) is 7.48. The van der Waals surface area contributed by atoms with Gasteiger partial charge in [-0.25, -0.2) is 8.78 Å². The number of rotatable bonds is 6. The summed E-state index contributed by atoms with van der Waals surface area (Å²) in [4.78, 5) is 0. The zero-order valence-corrected chi connectivity index (χ0v) is 13.3. The Balaban J connectivity index is 1.87. The fraction of sp³-hybridized carbons (Fsp3) is 0.200. The number of halogens is 4. The van der Waals surface area contributed by atoms with Crippen LogP contribution in [0.1, 0.15) is 5.56 Å². The van der Waals surface area contributed by atoms with Gasteiger partial charge in [-0.3, -0.25) is 0 Å². The molecule has 0 aliphatic heterocycles. The van der Waals surface area contributed by atoms with E-state index in [4.69, 9.17) is 21.1 Å². The van der Waals surface area contributed by atoms with Gasteiger partial charge < -0.3 is 9.47 Å². The van der Waals surface area contributed by atoms with E-state index >= 15 is 0 Å². The van der Waals surface area contributed by atoms with Crippen LogP contribution in [0.15, 0.2) is 40.9 Å². The van der Waals surface area contributed by atoms with Crippen molar-refractivity contribution in [3.8, 4) is 11.5 Å². The summed E-state index contributed by atoms with van der Waals surface area (Å²) in [6.45, 7) is 0.210. The molecule has 112 valence electrons. The number of hydrogen-bond donors (Lipinski definition) is 0. The average Bonchev–Trinajstić information content (AvgIpc) is 2.47. The van der Waals surface area contributed by atoms with Crippen LogP contribution >= 0.6 is 27.5 Å². The second-order valence-electron chi connectivity index (χ2n) is 4.17. The van der Waals surface area contributed by atoms with Crippen molar-refractivity contribution in [3.05, 3.63) is 58.1 Å². The first kappa shape index (κ1) is 16.0. The van der Waals surface area contributed by atoms with Gasteiger partial charge in [0, 0.05) is 10.4 Å². The average molecular weight is 378 g/mol. The number of benzene rings is 2. The van der Waals surface area contributed by atoms with E-state index in [-0.39, 0.29) is 19.1 Å². The van der Waals surface area contributed by atoms with Crippen LogP contribution in [-0.4, -0.2) is 13.2 Å².